The number of rotatable bonds is 6. The van der Waals surface area contributed by atoms with E-state index in [0.29, 0.717) is 18.0 Å². The highest BCUT2D eigenvalue weighted by Crippen LogP contribution is 2.47. The molecule has 0 spiro atoms. The number of hydrogen-bond donors (Lipinski definition) is 2. The van der Waals surface area contributed by atoms with Gasteiger partial charge >= 0.3 is 6.18 Å². The van der Waals surface area contributed by atoms with Crippen molar-refractivity contribution in [1.82, 2.24) is 4.90 Å². The number of nitrogens with zero attached hydrogens (tertiary/aromatic N) is 1. The van der Waals surface area contributed by atoms with E-state index in [9.17, 15) is 23.4 Å². The highest BCUT2D eigenvalue weighted by atomic mass is 19.4. The maximum absolute atomic E-state index is 13.0. The average Bonchev–Trinajstić information content (AvgIpc) is 3.39. The second-order valence-corrected chi connectivity index (χ2v) is 10.0. The highest BCUT2D eigenvalue weighted by molar-refractivity contribution is 5.95. The van der Waals surface area contributed by atoms with Gasteiger partial charge in [-0.15, -0.1) is 0 Å². The molecule has 3 atom stereocenters. The number of allylic oxidation sites excluding steroid dienone is 1. The lowest BCUT2D eigenvalue weighted by Gasteiger charge is -2.31. The summed E-state index contributed by atoms with van der Waals surface area (Å²) < 4.78 is 51.4. The van der Waals surface area contributed by atoms with E-state index >= 15 is 0 Å². The van der Waals surface area contributed by atoms with Crippen LogP contribution in [0.1, 0.15) is 43.1 Å². The van der Waals surface area contributed by atoms with Crippen LogP contribution in [0, 0.1) is 5.92 Å². The zero-order chi connectivity index (χ0) is 27.0. The largest absolute Gasteiger partial charge is 0.508 e. The summed E-state index contributed by atoms with van der Waals surface area (Å²) in [6.07, 6.45) is -4.50. The predicted molar refractivity (Wildman–Crippen MR) is 139 cm³/mol. The summed E-state index contributed by atoms with van der Waals surface area (Å²) >= 11 is 0. The van der Waals surface area contributed by atoms with Crippen molar-refractivity contribution >= 4 is 11.1 Å². The number of fused-ring (bicyclic) bond motifs is 1. The molecule has 1 saturated heterocycles. The number of phenols is 2. The van der Waals surface area contributed by atoms with Crippen LogP contribution in [0.5, 0.6) is 23.0 Å². The van der Waals surface area contributed by atoms with Crippen LogP contribution in [-0.4, -0.2) is 47.0 Å². The maximum atomic E-state index is 13.0. The number of phenolic OH excluding ortho intramolecular Hbond substituents is 2. The Bertz CT molecular complexity index is 1340. The topological polar surface area (TPSA) is 62.2 Å². The Labute approximate surface area is 219 Å². The lowest BCUT2D eigenvalue weighted by molar-refractivity contribution is -0.171. The third-order valence-corrected chi connectivity index (χ3v) is 7.42. The molecule has 2 unspecified atom stereocenters. The van der Waals surface area contributed by atoms with Crippen molar-refractivity contribution in [2.45, 2.75) is 38.6 Å². The number of aromatic hydroxyl groups is 2. The van der Waals surface area contributed by atoms with Gasteiger partial charge in [-0.2, -0.15) is 13.2 Å². The van der Waals surface area contributed by atoms with E-state index < -0.39 is 18.2 Å². The molecule has 0 bridgehead atoms. The molecule has 0 aliphatic carbocycles. The van der Waals surface area contributed by atoms with E-state index in [-0.39, 0.29) is 37.1 Å². The molecule has 2 aliphatic rings. The van der Waals surface area contributed by atoms with Gasteiger partial charge in [0.15, 0.2) is 0 Å². The summed E-state index contributed by atoms with van der Waals surface area (Å²) in [7, 11) is 0. The van der Waals surface area contributed by atoms with Crippen molar-refractivity contribution in [3.05, 3.63) is 83.4 Å². The zero-order valence-corrected chi connectivity index (χ0v) is 21.2. The number of halogens is 3. The number of alkyl halides is 3. The Morgan fingerprint density at radius 2 is 1.76 bits per heavy atom. The van der Waals surface area contributed by atoms with E-state index in [2.05, 4.69) is 0 Å². The number of likely N-dealkylation sites (tertiary alicyclic amines) is 1. The van der Waals surface area contributed by atoms with Gasteiger partial charge in [0, 0.05) is 23.7 Å². The van der Waals surface area contributed by atoms with Gasteiger partial charge in [-0.25, -0.2) is 0 Å². The minimum absolute atomic E-state index is 0.00867. The lowest BCUT2D eigenvalue weighted by atomic mass is 9.86. The van der Waals surface area contributed by atoms with Gasteiger partial charge in [-0.05, 0) is 86.0 Å². The van der Waals surface area contributed by atoms with Gasteiger partial charge in [0.05, 0.1) is 5.92 Å². The van der Waals surface area contributed by atoms with Crippen LogP contribution in [0.3, 0.4) is 0 Å². The quantitative estimate of drug-likeness (QED) is 0.370. The molecule has 200 valence electrons. The first-order valence-corrected chi connectivity index (χ1v) is 12.6. The van der Waals surface area contributed by atoms with Crippen molar-refractivity contribution < 1.29 is 32.9 Å². The van der Waals surface area contributed by atoms with Gasteiger partial charge in [-0.3, -0.25) is 4.90 Å². The molecule has 0 radical (unpaired) electrons. The van der Waals surface area contributed by atoms with Crippen LogP contribution in [0.25, 0.3) is 11.1 Å². The van der Waals surface area contributed by atoms with Crippen LogP contribution in [0.15, 0.2) is 66.7 Å². The van der Waals surface area contributed by atoms with Crippen molar-refractivity contribution in [3.63, 3.8) is 0 Å². The molecular formula is C30H30F3NO4. The van der Waals surface area contributed by atoms with Gasteiger partial charge in [0.2, 0.25) is 0 Å². The maximum Gasteiger partial charge on any atom is 0.393 e. The SMILES string of the molecule is CC1=C(c2cccc(O)c2)C(c2ccc(OCC(C)N3CC[C@@H](C(F)(F)F)C3)cc2)Oc2ccc(O)cc21. The molecule has 0 aromatic heterocycles. The molecule has 1 fully saturated rings. The second-order valence-electron chi connectivity index (χ2n) is 10.0. The molecule has 3 aromatic carbocycles. The van der Waals surface area contributed by atoms with Crippen LogP contribution < -0.4 is 9.47 Å². The van der Waals surface area contributed by atoms with Gasteiger partial charge in [0.1, 0.15) is 35.7 Å². The summed E-state index contributed by atoms with van der Waals surface area (Å²) in [4.78, 5) is 1.83. The van der Waals surface area contributed by atoms with Crippen LogP contribution in [-0.2, 0) is 0 Å². The highest BCUT2D eigenvalue weighted by Gasteiger charge is 2.44. The van der Waals surface area contributed by atoms with Crippen LogP contribution in [0.2, 0.25) is 0 Å². The first-order valence-electron chi connectivity index (χ1n) is 12.6. The molecular weight excluding hydrogens is 495 g/mol. The standard InChI is InChI=1S/C30H30F3NO4/c1-18(34-13-12-22(16-34)30(31,32)33)17-37-25-9-6-20(7-10-25)29-28(21-4-3-5-23(35)14-21)19(2)26-15-24(36)8-11-27(26)38-29/h3-11,14-15,18,22,29,35-36H,12-13,16-17H2,1-2H3/t18?,22-,29?/m1/s1. The van der Waals surface area contributed by atoms with Crippen LogP contribution in [0.4, 0.5) is 13.2 Å². The van der Waals surface area contributed by atoms with E-state index in [1.54, 1.807) is 36.4 Å². The molecule has 0 saturated carbocycles. The molecule has 2 aliphatic heterocycles. The molecule has 2 N–H and O–H groups in total. The summed E-state index contributed by atoms with van der Waals surface area (Å²) in [6.45, 7) is 4.56. The third kappa shape index (κ3) is 5.31. The van der Waals surface area contributed by atoms with Crippen molar-refractivity contribution in [2.24, 2.45) is 5.92 Å². The van der Waals surface area contributed by atoms with E-state index in [4.69, 9.17) is 9.47 Å². The van der Waals surface area contributed by atoms with Crippen molar-refractivity contribution in [3.8, 4) is 23.0 Å². The molecule has 8 heteroatoms. The van der Waals surface area contributed by atoms with E-state index in [1.807, 2.05) is 49.1 Å². The molecule has 5 rings (SSSR count). The molecule has 3 aromatic rings. The third-order valence-electron chi connectivity index (χ3n) is 7.42. The smallest absolute Gasteiger partial charge is 0.393 e. The minimum atomic E-state index is -4.16. The summed E-state index contributed by atoms with van der Waals surface area (Å²) in [5.74, 6) is 0.268. The van der Waals surface area contributed by atoms with Crippen LogP contribution >= 0.6 is 0 Å². The number of ether oxygens (including phenoxy) is 2. The Balaban J connectivity index is 1.34. The monoisotopic (exact) mass is 525 g/mol. The molecule has 38 heavy (non-hydrogen) atoms. The van der Waals surface area contributed by atoms with E-state index in [0.717, 1.165) is 27.8 Å². The zero-order valence-electron chi connectivity index (χ0n) is 21.2. The predicted octanol–water partition coefficient (Wildman–Crippen LogP) is 6.81. The Kier molecular flexibility index (Phi) is 7.01. The first kappa shape index (κ1) is 26.0. The van der Waals surface area contributed by atoms with Gasteiger partial charge < -0.3 is 19.7 Å². The summed E-state index contributed by atoms with van der Waals surface area (Å²) in [5, 5.41) is 20.2. The Morgan fingerprint density at radius 3 is 2.45 bits per heavy atom. The average molecular weight is 526 g/mol. The van der Waals surface area contributed by atoms with Crippen molar-refractivity contribution in [1.29, 1.82) is 0 Å². The van der Waals surface area contributed by atoms with Gasteiger partial charge in [-0.1, -0.05) is 24.3 Å². The normalized spacial score (nSPS) is 20.7. The summed E-state index contributed by atoms with van der Waals surface area (Å²) in [6, 6.07) is 19.3. The number of hydrogen-bond acceptors (Lipinski definition) is 5. The Morgan fingerprint density at radius 1 is 1.03 bits per heavy atom. The van der Waals surface area contributed by atoms with E-state index in [1.165, 1.54) is 0 Å². The number of benzene rings is 3. The lowest BCUT2D eigenvalue weighted by Crippen LogP contribution is -2.37. The summed E-state index contributed by atoms with van der Waals surface area (Å²) in [5.41, 5.74) is 4.25. The van der Waals surface area contributed by atoms with Crippen molar-refractivity contribution in [2.75, 3.05) is 19.7 Å². The first-order chi connectivity index (χ1) is 18.1. The minimum Gasteiger partial charge on any atom is -0.508 e. The van der Waals surface area contributed by atoms with Gasteiger partial charge in [0.25, 0.3) is 0 Å². The second kappa shape index (κ2) is 10.3. The molecule has 0 amide bonds. The fraction of sp³-hybridized carbons (Fsp3) is 0.333. The fourth-order valence-electron chi connectivity index (χ4n) is 5.23. The Hall–Kier alpha value is -3.65. The molecule has 2 heterocycles. The fourth-order valence-corrected chi connectivity index (χ4v) is 5.23. The molecule has 5 nitrogen and oxygen atoms in total.